The molecule has 2 N–H and O–H groups in total. The molecule has 0 amide bonds. The van der Waals surface area contributed by atoms with E-state index in [2.05, 4.69) is 13.8 Å². The predicted molar refractivity (Wildman–Crippen MR) is 52.5 cm³/mol. The average Bonchev–Trinajstić information content (AvgIpc) is 1.86. The van der Waals surface area contributed by atoms with Crippen LogP contribution in [0.25, 0.3) is 0 Å². The number of hydrogen-bond donors (Lipinski definition) is 1. The van der Waals surface area contributed by atoms with E-state index in [1.807, 2.05) is 0 Å². The molecule has 2 heteroatoms. The Balaban J connectivity index is 2.42. The Morgan fingerprint density at radius 1 is 1.36 bits per heavy atom. The van der Waals surface area contributed by atoms with Crippen molar-refractivity contribution in [2.24, 2.45) is 17.1 Å². The highest BCUT2D eigenvalue weighted by Gasteiger charge is 2.27. The van der Waals surface area contributed by atoms with E-state index in [0.29, 0.717) is 11.3 Å². The van der Waals surface area contributed by atoms with Gasteiger partial charge in [0.15, 0.2) is 0 Å². The zero-order valence-electron chi connectivity index (χ0n) is 7.39. The molecule has 1 aliphatic carbocycles. The van der Waals surface area contributed by atoms with Gasteiger partial charge in [-0.2, -0.15) is 0 Å². The third-order valence-corrected chi connectivity index (χ3v) is 3.07. The SMILES string of the molecule is CC1(C)CCC(C(N)=S)CC1. The summed E-state index contributed by atoms with van der Waals surface area (Å²) >= 11 is 4.97. The third-order valence-electron chi connectivity index (χ3n) is 2.74. The summed E-state index contributed by atoms with van der Waals surface area (Å²) in [5, 5.41) is 0. The van der Waals surface area contributed by atoms with E-state index >= 15 is 0 Å². The van der Waals surface area contributed by atoms with Gasteiger partial charge in [0.05, 0.1) is 4.99 Å². The van der Waals surface area contributed by atoms with E-state index in [9.17, 15) is 0 Å². The second-order valence-corrected chi connectivity index (χ2v) is 4.81. The Hall–Kier alpha value is -0.110. The maximum atomic E-state index is 5.59. The van der Waals surface area contributed by atoms with Gasteiger partial charge in [-0.05, 0) is 31.1 Å². The molecule has 1 nitrogen and oxygen atoms in total. The minimum Gasteiger partial charge on any atom is -0.393 e. The van der Waals surface area contributed by atoms with Crippen LogP contribution < -0.4 is 5.73 Å². The molecule has 0 aromatic carbocycles. The van der Waals surface area contributed by atoms with Gasteiger partial charge in [0.25, 0.3) is 0 Å². The second kappa shape index (κ2) is 3.10. The lowest BCUT2D eigenvalue weighted by atomic mass is 9.73. The highest BCUT2D eigenvalue weighted by Crippen LogP contribution is 2.37. The van der Waals surface area contributed by atoms with Crippen molar-refractivity contribution in [2.45, 2.75) is 39.5 Å². The van der Waals surface area contributed by atoms with E-state index in [1.54, 1.807) is 0 Å². The normalized spacial score (nSPS) is 24.9. The Morgan fingerprint density at radius 3 is 2.18 bits per heavy atom. The Labute approximate surface area is 74.4 Å². The van der Waals surface area contributed by atoms with Gasteiger partial charge in [-0.1, -0.05) is 26.1 Å². The smallest absolute Gasteiger partial charge is 0.0758 e. The summed E-state index contributed by atoms with van der Waals surface area (Å²) in [6.45, 7) is 4.64. The Kier molecular flexibility index (Phi) is 2.53. The minimum atomic E-state index is 0.526. The van der Waals surface area contributed by atoms with Gasteiger partial charge in [-0.25, -0.2) is 0 Å². The first-order chi connectivity index (χ1) is 5.01. The van der Waals surface area contributed by atoms with Crippen LogP contribution >= 0.6 is 12.2 Å². The highest BCUT2D eigenvalue weighted by atomic mass is 32.1. The fourth-order valence-corrected chi connectivity index (χ4v) is 1.92. The first-order valence-electron chi connectivity index (χ1n) is 4.31. The van der Waals surface area contributed by atoms with Gasteiger partial charge in [0.2, 0.25) is 0 Å². The van der Waals surface area contributed by atoms with Crippen molar-refractivity contribution in [1.29, 1.82) is 0 Å². The van der Waals surface area contributed by atoms with Crippen molar-refractivity contribution in [2.75, 3.05) is 0 Å². The molecule has 1 aliphatic rings. The Bertz CT molecular complexity index is 153. The van der Waals surface area contributed by atoms with E-state index < -0.39 is 0 Å². The van der Waals surface area contributed by atoms with Gasteiger partial charge < -0.3 is 5.73 Å². The van der Waals surface area contributed by atoms with Crippen molar-refractivity contribution in [3.05, 3.63) is 0 Å². The molecule has 64 valence electrons. The first kappa shape index (κ1) is 8.98. The quantitative estimate of drug-likeness (QED) is 0.613. The first-order valence-corrected chi connectivity index (χ1v) is 4.71. The molecule has 1 saturated carbocycles. The molecule has 0 radical (unpaired) electrons. The lowest BCUT2D eigenvalue weighted by molar-refractivity contribution is 0.222. The fraction of sp³-hybridized carbons (Fsp3) is 0.889. The molecule has 0 aliphatic heterocycles. The molecule has 0 aromatic heterocycles. The molecule has 0 bridgehead atoms. The standard InChI is InChI=1S/C9H17NS/c1-9(2)5-3-7(4-6-9)8(10)11/h7H,3-6H2,1-2H3,(H2,10,11). The number of nitrogens with two attached hydrogens (primary N) is 1. The summed E-state index contributed by atoms with van der Waals surface area (Å²) in [6.07, 6.45) is 4.94. The molecule has 0 heterocycles. The van der Waals surface area contributed by atoms with Crippen molar-refractivity contribution >= 4 is 17.2 Å². The van der Waals surface area contributed by atoms with Gasteiger partial charge in [-0.3, -0.25) is 0 Å². The molecule has 0 aromatic rings. The van der Waals surface area contributed by atoms with Gasteiger partial charge in [0, 0.05) is 5.92 Å². The van der Waals surface area contributed by atoms with Gasteiger partial charge in [-0.15, -0.1) is 0 Å². The maximum Gasteiger partial charge on any atom is 0.0758 e. The summed E-state index contributed by atoms with van der Waals surface area (Å²) in [6, 6.07) is 0. The Morgan fingerprint density at radius 2 is 1.82 bits per heavy atom. The van der Waals surface area contributed by atoms with Crippen molar-refractivity contribution in [3.8, 4) is 0 Å². The molecule has 1 fully saturated rings. The van der Waals surface area contributed by atoms with Crippen LogP contribution in [0.3, 0.4) is 0 Å². The van der Waals surface area contributed by atoms with Crippen LogP contribution in [0.4, 0.5) is 0 Å². The summed E-state index contributed by atoms with van der Waals surface area (Å²) < 4.78 is 0. The average molecular weight is 171 g/mol. The van der Waals surface area contributed by atoms with Crippen LogP contribution in [0.15, 0.2) is 0 Å². The maximum absolute atomic E-state index is 5.59. The van der Waals surface area contributed by atoms with E-state index in [1.165, 1.54) is 25.7 Å². The lowest BCUT2D eigenvalue weighted by Gasteiger charge is -2.33. The molecule has 0 saturated heterocycles. The van der Waals surface area contributed by atoms with Gasteiger partial charge >= 0.3 is 0 Å². The monoisotopic (exact) mass is 171 g/mol. The molecular formula is C9H17NS. The number of rotatable bonds is 1. The topological polar surface area (TPSA) is 26.0 Å². The molecule has 11 heavy (non-hydrogen) atoms. The van der Waals surface area contributed by atoms with Crippen LogP contribution in [-0.4, -0.2) is 4.99 Å². The summed E-state index contributed by atoms with van der Waals surface area (Å²) in [7, 11) is 0. The third kappa shape index (κ3) is 2.44. The predicted octanol–water partition coefficient (Wildman–Crippen LogP) is 2.49. The van der Waals surface area contributed by atoms with Crippen LogP contribution in [0.1, 0.15) is 39.5 Å². The van der Waals surface area contributed by atoms with Gasteiger partial charge in [0.1, 0.15) is 0 Å². The van der Waals surface area contributed by atoms with E-state index in [-0.39, 0.29) is 0 Å². The molecule has 0 atom stereocenters. The van der Waals surface area contributed by atoms with Crippen molar-refractivity contribution in [1.82, 2.24) is 0 Å². The van der Waals surface area contributed by atoms with Crippen LogP contribution in [0, 0.1) is 11.3 Å². The van der Waals surface area contributed by atoms with Crippen LogP contribution in [0.5, 0.6) is 0 Å². The van der Waals surface area contributed by atoms with E-state index in [4.69, 9.17) is 18.0 Å². The summed E-state index contributed by atoms with van der Waals surface area (Å²) in [4.78, 5) is 0.723. The summed E-state index contributed by atoms with van der Waals surface area (Å²) in [5.74, 6) is 0.526. The zero-order valence-corrected chi connectivity index (χ0v) is 8.21. The van der Waals surface area contributed by atoms with Crippen LogP contribution in [0.2, 0.25) is 0 Å². The number of thiocarbonyl (C=S) groups is 1. The highest BCUT2D eigenvalue weighted by molar-refractivity contribution is 7.80. The largest absolute Gasteiger partial charge is 0.393 e. The second-order valence-electron chi connectivity index (χ2n) is 4.34. The summed E-state index contributed by atoms with van der Waals surface area (Å²) in [5.41, 5.74) is 6.12. The van der Waals surface area contributed by atoms with Crippen molar-refractivity contribution in [3.63, 3.8) is 0 Å². The van der Waals surface area contributed by atoms with Crippen molar-refractivity contribution < 1.29 is 0 Å². The molecule has 1 rings (SSSR count). The number of hydrogen-bond acceptors (Lipinski definition) is 1. The minimum absolute atomic E-state index is 0.526. The van der Waals surface area contributed by atoms with E-state index in [0.717, 1.165) is 4.99 Å². The molecule has 0 unspecified atom stereocenters. The molecule has 0 spiro atoms. The van der Waals surface area contributed by atoms with Crippen LogP contribution in [-0.2, 0) is 0 Å². The lowest BCUT2D eigenvalue weighted by Crippen LogP contribution is -2.29. The fourth-order valence-electron chi connectivity index (χ4n) is 1.68. The zero-order chi connectivity index (χ0) is 8.48. The molecular weight excluding hydrogens is 154 g/mol.